The Hall–Kier alpha value is -3.62. The molecular weight excluding hydrogens is 514 g/mol. The summed E-state index contributed by atoms with van der Waals surface area (Å²) in [5.41, 5.74) is 12.4. The van der Waals surface area contributed by atoms with E-state index in [1.165, 1.54) is 24.7 Å². The van der Waals surface area contributed by atoms with Crippen LogP contribution in [0.4, 0.5) is 0 Å². The summed E-state index contributed by atoms with van der Waals surface area (Å²) in [6.07, 6.45) is 4.17. The lowest BCUT2D eigenvalue weighted by atomic mass is 10.0. The third-order valence-corrected chi connectivity index (χ3v) is 6.11. The first-order chi connectivity index (χ1) is 18.1. The number of imidazole rings is 1. The van der Waals surface area contributed by atoms with E-state index in [0.717, 1.165) is 0 Å². The third-order valence-electron chi connectivity index (χ3n) is 5.72. The number of aromatic amines is 1. The van der Waals surface area contributed by atoms with Gasteiger partial charge in [-0.3, -0.25) is 14.4 Å². The molecule has 3 amide bonds. The SMILES string of the molecule is NCCCCC(NC(=O)C(N)CS)C(=O)NC(Cc1ccc(O)cc1)C(=O)NC(Cc1cnc[nH]1)C(=O)O. The highest BCUT2D eigenvalue weighted by Crippen LogP contribution is 2.12. The van der Waals surface area contributed by atoms with Gasteiger partial charge in [0.2, 0.25) is 17.7 Å². The number of carboxylic acid groups (broad SMARTS) is 1. The summed E-state index contributed by atoms with van der Waals surface area (Å²) >= 11 is 4.01. The van der Waals surface area contributed by atoms with Gasteiger partial charge in [0.25, 0.3) is 0 Å². The van der Waals surface area contributed by atoms with E-state index in [1.54, 1.807) is 12.1 Å². The molecule has 0 saturated heterocycles. The van der Waals surface area contributed by atoms with Crippen molar-refractivity contribution in [1.29, 1.82) is 0 Å². The number of phenolic OH excluding ortho intramolecular Hbond substituents is 1. The first-order valence-electron chi connectivity index (χ1n) is 12.1. The van der Waals surface area contributed by atoms with E-state index in [0.29, 0.717) is 30.6 Å². The third kappa shape index (κ3) is 10.0. The van der Waals surface area contributed by atoms with Gasteiger partial charge in [0.05, 0.1) is 12.4 Å². The van der Waals surface area contributed by atoms with Gasteiger partial charge in [-0.25, -0.2) is 9.78 Å². The molecule has 38 heavy (non-hydrogen) atoms. The first kappa shape index (κ1) is 30.6. The van der Waals surface area contributed by atoms with E-state index in [1.807, 2.05) is 0 Å². The van der Waals surface area contributed by atoms with Gasteiger partial charge in [0.1, 0.15) is 23.9 Å². The van der Waals surface area contributed by atoms with Crippen LogP contribution in [0.25, 0.3) is 0 Å². The van der Waals surface area contributed by atoms with Crippen LogP contribution >= 0.6 is 12.6 Å². The molecule has 208 valence electrons. The number of amides is 3. The first-order valence-corrected chi connectivity index (χ1v) is 12.7. The topological polar surface area (TPSA) is 226 Å². The van der Waals surface area contributed by atoms with Crippen molar-refractivity contribution in [3.05, 3.63) is 48.0 Å². The second-order valence-electron chi connectivity index (χ2n) is 8.75. The minimum absolute atomic E-state index is 0.00608. The van der Waals surface area contributed by atoms with Crippen molar-refractivity contribution >= 4 is 36.3 Å². The van der Waals surface area contributed by atoms with Gasteiger partial charge in [0, 0.05) is 30.5 Å². The van der Waals surface area contributed by atoms with Crippen molar-refractivity contribution in [2.24, 2.45) is 11.5 Å². The Morgan fingerprint density at radius 2 is 1.58 bits per heavy atom. The maximum absolute atomic E-state index is 13.3. The number of hydrogen-bond acceptors (Lipinski definition) is 9. The van der Waals surface area contributed by atoms with Crippen LogP contribution in [0.15, 0.2) is 36.8 Å². The quantitative estimate of drug-likeness (QED) is 0.0906. The van der Waals surface area contributed by atoms with Gasteiger partial charge in [-0.2, -0.15) is 12.6 Å². The molecule has 2 aromatic rings. The lowest BCUT2D eigenvalue weighted by molar-refractivity contribution is -0.142. The number of carbonyl (C=O) groups is 4. The van der Waals surface area contributed by atoms with Crippen LogP contribution in [-0.2, 0) is 32.0 Å². The van der Waals surface area contributed by atoms with Crippen LogP contribution in [0.5, 0.6) is 5.75 Å². The van der Waals surface area contributed by atoms with Gasteiger partial charge >= 0.3 is 5.97 Å². The highest BCUT2D eigenvalue weighted by Gasteiger charge is 2.30. The van der Waals surface area contributed by atoms with E-state index in [2.05, 4.69) is 38.5 Å². The van der Waals surface area contributed by atoms with E-state index in [4.69, 9.17) is 11.5 Å². The molecule has 0 radical (unpaired) electrons. The molecule has 0 spiro atoms. The van der Waals surface area contributed by atoms with Gasteiger partial charge in [-0.1, -0.05) is 12.1 Å². The number of H-pyrrole nitrogens is 1. The molecule has 0 aliphatic rings. The zero-order chi connectivity index (χ0) is 28.1. The summed E-state index contributed by atoms with van der Waals surface area (Å²) in [5.74, 6) is -3.12. The van der Waals surface area contributed by atoms with Gasteiger partial charge in [-0.15, -0.1) is 0 Å². The van der Waals surface area contributed by atoms with E-state index < -0.39 is 47.9 Å². The predicted octanol–water partition coefficient (Wildman–Crippen LogP) is -1.17. The number of nitrogens with two attached hydrogens (primary N) is 2. The summed E-state index contributed by atoms with van der Waals surface area (Å²) in [7, 11) is 0. The fraction of sp³-hybridized carbons (Fsp3) is 0.458. The number of nitrogens with zero attached hydrogens (tertiary/aromatic N) is 1. The smallest absolute Gasteiger partial charge is 0.326 e. The monoisotopic (exact) mass is 549 g/mol. The number of rotatable bonds is 16. The van der Waals surface area contributed by atoms with Crippen molar-refractivity contribution in [1.82, 2.24) is 25.9 Å². The fourth-order valence-electron chi connectivity index (χ4n) is 3.56. The molecule has 0 aliphatic carbocycles. The molecule has 1 aromatic heterocycles. The standard InChI is InChI=1S/C24H35N7O6S/c25-8-2-1-3-18(29-21(33)17(26)12-38)22(34)30-19(9-14-4-6-16(32)7-5-14)23(35)31-20(24(36)37)10-15-11-27-13-28-15/h4-7,11,13,17-20,32,38H,1-3,8-10,12,25-26H2,(H,27,28)(H,29,33)(H,30,34)(H,31,35)(H,36,37). The molecular formula is C24H35N7O6S. The van der Waals surface area contributed by atoms with Crippen molar-refractivity contribution < 1.29 is 29.4 Å². The largest absolute Gasteiger partial charge is 0.508 e. The minimum atomic E-state index is -1.30. The summed E-state index contributed by atoms with van der Waals surface area (Å²) in [4.78, 5) is 57.3. The molecule has 1 aromatic carbocycles. The molecule has 4 unspecified atom stereocenters. The highest BCUT2D eigenvalue weighted by atomic mass is 32.1. The number of phenols is 1. The Balaban J connectivity index is 2.24. The number of carbonyl (C=O) groups excluding carboxylic acids is 3. The second-order valence-corrected chi connectivity index (χ2v) is 9.11. The van der Waals surface area contributed by atoms with Crippen molar-refractivity contribution in [3.63, 3.8) is 0 Å². The normalized spacial score (nSPS) is 14.1. The predicted molar refractivity (Wildman–Crippen MR) is 142 cm³/mol. The van der Waals surface area contributed by atoms with Crippen LogP contribution in [0.1, 0.15) is 30.5 Å². The fourth-order valence-corrected chi connectivity index (χ4v) is 3.73. The highest BCUT2D eigenvalue weighted by molar-refractivity contribution is 7.80. The van der Waals surface area contributed by atoms with Crippen LogP contribution in [0.2, 0.25) is 0 Å². The molecule has 10 N–H and O–H groups in total. The molecule has 4 atom stereocenters. The number of unbranched alkanes of at least 4 members (excludes halogenated alkanes) is 1. The average Bonchev–Trinajstić information content (AvgIpc) is 3.41. The number of aromatic nitrogens is 2. The Kier molecular flexibility index (Phi) is 12.6. The molecule has 13 nitrogen and oxygen atoms in total. The van der Waals surface area contributed by atoms with E-state index in [-0.39, 0.29) is 30.8 Å². The Labute approximate surface area is 225 Å². The molecule has 0 fully saturated rings. The molecule has 0 bridgehead atoms. The van der Waals surface area contributed by atoms with Gasteiger partial charge in [0.15, 0.2) is 0 Å². The number of hydrogen-bond donors (Lipinski definition) is 9. The lowest BCUT2D eigenvalue weighted by Gasteiger charge is -2.25. The summed E-state index contributed by atoms with van der Waals surface area (Å²) in [6, 6.07) is 1.59. The van der Waals surface area contributed by atoms with Crippen molar-refractivity contribution in [3.8, 4) is 5.75 Å². The van der Waals surface area contributed by atoms with Gasteiger partial charge < -0.3 is 42.6 Å². The van der Waals surface area contributed by atoms with Crippen molar-refractivity contribution in [2.45, 2.75) is 56.3 Å². The van der Waals surface area contributed by atoms with Gasteiger partial charge in [-0.05, 0) is 43.5 Å². The zero-order valence-electron chi connectivity index (χ0n) is 20.8. The molecule has 1 heterocycles. The Bertz CT molecular complexity index is 1050. The number of nitrogens with one attached hydrogen (secondary N) is 4. The van der Waals surface area contributed by atoms with Crippen LogP contribution < -0.4 is 27.4 Å². The van der Waals surface area contributed by atoms with E-state index in [9.17, 15) is 29.4 Å². The van der Waals surface area contributed by atoms with Crippen molar-refractivity contribution in [2.75, 3.05) is 12.3 Å². The zero-order valence-corrected chi connectivity index (χ0v) is 21.7. The number of aromatic hydroxyl groups is 1. The summed E-state index contributed by atoms with van der Waals surface area (Å²) < 4.78 is 0. The average molecular weight is 550 g/mol. The maximum Gasteiger partial charge on any atom is 0.326 e. The second kappa shape index (κ2) is 15.6. The number of aliphatic carboxylic acids is 1. The molecule has 14 heteroatoms. The maximum atomic E-state index is 13.3. The van der Waals surface area contributed by atoms with E-state index >= 15 is 0 Å². The van der Waals surface area contributed by atoms with Crippen LogP contribution in [0.3, 0.4) is 0 Å². The number of benzene rings is 1. The number of thiol groups is 1. The molecule has 0 aliphatic heterocycles. The number of carboxylic acids is 1. The molecule has 0 saturated carbocycles. The Morgan fingerprint density at radius 3 is 2.16 bits per heavy atom. The van der Waals surface area contributed by atoms with Crippen LogP contribution in [0, 0.1) is 0 Å². The summed E-state index contributed by atoms with van der Waals surface area (Å²) in [5, 5.41) is 26.9. The minimum Gasteiger partial charge on any atom is -0.508 e. The lowest BCUT2D eigenvalue weighted by Crippen LogP contribution is -2.58. The summed E-state index contributed by atoms with van der Waals surface area (Å²) in [6.45, 7) is 0.400. The Morgan fingerprint density at radius 1 is 0.947 bits per heavy atom. The molecule has 2 rings (SSSR count). The van der Waals surface area contributed by atoms with Crippen LogP contribution in [-0.4, -0.2) is 80.3 Å².